The first-order chi connectivity index (χ1) is 9.34. The highest BCUT2D eigenvalue weighted by atomic mass is 32.2. The number of hydrogen-bond acceptors (Lipinski definition) is 3. The number of rotatable bonds is 5. The fourth-order valence-corrected chi connectivity index (χ4v) is 2.03. The molecule has 0 fully saturated rings. The van der Waals surface area contributed by atoms with E-state index in [1.54, 1.807) is 12.2 Å². The lowest BCUT2D eigenvalue weighted by molar-refractivity contribution is -0.137. The summed E-state index contributed by atoms with van der Waals surface area (Å²) < 4.78 is 37.5. The van der Waals surface area contributed by atoms with Gasteiger partial charge in [0.05, 0.1) is 5.56 Å². The molecular formula is C14H13F3O2S. The zero-order valence-corrected chi connectivity index (χ0v) is 11.6. The van der Waals surface area contributed by atoms with Gasteiger partial charge in [-0.2, -0.15) is 13.2 Å². The zero-order chi connectivity index (χ0) is 15.2. The minimum atomic E-state index is -4.46. The molecule has 0 heterocycles. The number of allylic oxidation sites excluding steroid dienone is 1. The molecule has 0 N–H and O–H groups in total. The van der Waals surface area contributed by atoms with Crippen LogP contribution in [0, 0.1) is 0 Å². The monoisotopic (exact) mass is 302 g/mol. The van der Waals surface area contributed by atoms with Crippen molar-refractivity contribution in [3.05, 3.63) is 41.0 Å². The Bertz CT molecular complexity index is 522. The standard InChI is InChI=1S/C14H13F3O2S/c1-10(19)20-7-3-2-4-11-5-6-13(14(15,16)17)8-12(11)9-18/h2,4-6,8-9H,3,7H2,1H3. The van der Waals surface area contributed by atoms with E-state index in [0.717, 1.165) is 12.1 Å². The molecule has 6 heteroatoms. The Balaban J connectivity index is 2.78. The highest BCUT2D eigenvalue weighted by molar-refractivity contribution is 8.13. The molecule has 2 nitrogen and oxygen atoms in total. The quantitative estimate of drug-likeness (QED) is 0.604. The van der Waals surface area contributed by atoms with Crippen LogP contribution >= 0.6 is 11.8 Å². The van der Waals surface area contributed by atoms with Crippen molar-refractivity contribution in [2.75, 3.05) is 5.75 Å². The zero-order valence-electron chi connectivity index (χ0n) is 10.7. The van der Waals surface area contributed by atoms with Gasteiger partial charge in [-0.25, -0.2) is 0 Å². The molecule has 1 aromatic rings. The van der Waals surface area contributed by atoms with Crippen LogP contribution in [0.1, 0.15) is 34.8 Å². The van der Waals surface area contributed by atoms with Crippen molar-refractivity contribution >= 4 is 29.2 Å². The Labute approximate surface area is 119 Å². The number of thioether (sulfide) groups is 1. The first kappa shape index (κ1) is 16.5. The van der Waals surface area contributed by atoms with E-state index in [0.29, 0.717) is 24.0 Å². The highest BCUT2D eigenvalue weighted by Crippen LogP contribution is 2.30. The lowest BCUT2D eigenvalue weighted by Gasteiger charge is -2.08. The van der Waals surface area contributed by atoms with Gasteiger partial charge in [0, 0.05) is 18.2 Å². The van der Waals surface area contributed by atoms with Crippen molar-refractivity contribution in [3.63, 3.8) is 0 Å². The smallest absolute Gasteiger partial charge is 0.298 e. The van der Waals surface area contributed by atoms with Crippen molar-refractivity contribution < 1.29 is 22.8 Å². The predicted molar refractivity (Wildman–Crippen MR) is 73.6 cm³/mol. The second kappa shape index (κ2) is 7.28. The third-order valence-corrected chi connectivity index (χ3v) is 3.27. The Hall–Kier alpha value is -1.56. The van der Waals surface area contributed by atoms with Crippen LogP contribution in [0.2, 0.25) is 0 Å². The van der Waals surface area contributed by atoms with Crippen LogP contribution in [0.25, 0.3) is 6.08 Å². The highest BCUT2D eigenvalue weighted by Gasteiger charge is 2.30. The van der Waals surface area contributed by atoms with Gasteiger partial charge in [-0.3, -0.25) is 9.59 Å². The average molecular weight is 302 g/mol. The van der Waals surface area contributed by atoms with Crippen molar-refractivity contribution in [1.29, 1.82) is 0 Å². The van der Waals surface area contributed by atoms with Crippen molar-refractivity contribution in [1.82, 2.24) is 0 Å². The molecule has 20 heavy (non-hydrogen) atoms. The van der Waals surface area contributed by atoms with Gasteiger partial charge in [-0.15, -0.1) is 0 Å². The summed E-state index contributed by atoms with van der Waals surface area (Å²) in [6.45, 7) is 1.47. The molecule has 0 saturated carbocycles. The first-order valence-corrected chi connectivity index (χ1v) is 6.79. The molecule has 0 unspecified atom stereocenters. The van der Waals surface area contributed by atoms with Crippen LogP contribution in [-0.2, 0) is 11.0 Å². The van der Waals surface area contributed by atoms with Crippen LogP contribution in [0.3, 0.4) is 0 Å². The normalized spacial score (nSPS) is 11.8. The number of hydrogen-bond donors (Lipinski definition) is 0. The van der Waals surface area contributed by atoms with Crippen molar-refractivity contribution in [3.8, 4) is 0 Å². The number of carbonyl (C=O) groups excluding carboxylic acids is 2. The van der Waals surface area contributed by atoms with Crippen molar-refractivity contribution in [2.24, 2.45) is 0 Å². The number of carbonyl (C=O) groups is 2. The average Bonchev–Trinajstić information content (AvgIpc) is 2.36. The van der Waals surface area contributed by atoms with Gasteiger partial charge in [0.2, 0.25) is 0 Å². The van der Waals surface area contributed by atoms with E-state index in [1.165, 1.54) is 24.8 Å². The second-order valence-electron chi connectivity index (χ2n) is 3.99. The van der Waals surface area contributed by atoms with Gasteiger partial charge in [0.25, 0.3) is 0 Å². The van der Waals surface area contributed by atoms with Crippen LogP contribution in [0.4, 0.5) is 13.2 Å². The van der Waals surface area contributed by atoms with E-state index in [9.17, 15) is 22.8 Å². The predicted octanol–water partition coefficient (Wildman–Crippen LogP) is 4.20. The van der Waals surface area contributed by atoms with Crippen LogP contribution in [0.5, 0.6) is 0 Å². The fraction of sp³-hybridized carbons (Fsp3) is 0.286. The second-order valence-corrected chi connectivity index (χ2v) is 5.26. The van der Waals surface area contributed by atoms with E-state index >= 15 is 0 Å². The van der Waals surface area contributed by atoms with Gasteiger partial charge >= 0.3 is 6.18 Å². The molecular weight excluding hydrogens is 289 g/mol. The molecule has 1 aromatic carbocycles. The largest absolute Gasteiger partial charge is 0.416 e. The summed E-state index contributed by atoms with van der Waals surface area (Å²) in [6.07, 6.45) is -0.142. The third-order valence-electron chi connectivity index (χ3n) is 2.43. The van der Waals surface area contributed by atoms with E-state index in [4.69, 9.17) is 0 Å². The van der Waals surface area contributed by atoms with E-state index in [-0.39, 0.29) is 10.7 Å². The summed E-state index contributed by atoms with van der Waals surface area (Å²) in [5.41, 5.74) is -0.417. The SMILES string of the molecule is CC(=O)SCCC=Cc1ccc(C(F)(F)F)cc1C=O. The molecule has 0 aliphatic heterocycles. The summed E-state index contributed by atoms with van der Waals surface area (Å²) in [4.78, 5) is 21.5. The number of benzene rings is 1. The minimum Gasteiger partial charge on any atom is -0.298 e. The summed E-state index contributed by atoms with van der Waals surface area (Å²) in [6, 6.07) is 3.04. The number of alkyl halides is 3. The summed E-state index contributed by atoms with van der Waals surface area (Å²) in [5, 5.41) is 0.0153. The van der Waals surface area contributed by atoms with Crippen LogP contribution in [0.15, 0.2) is 24.3 Å². The third kappa shape index (κ3) is 5.21. The molecule has 1 rings (SSSR count). The van der Waals surface area contributed by atoms with Crippen LogP contribution < -0.4 is 0 Å². The maximum absolute atomic E-state index is 12.5. The first-order valence-electron chi connectivity index (χ1n) is 5.81. The molecule has 0 aliphatic carbocycles. The van der Waals surface area contributed by atoms with E-state index in [1.807, 2.05) is 0 Å². The van der Waals surface area contributed by atoms with Gasteiger partial charge in [0.1, 0.15) is 0 Å². The number of aldehydes is 1. The number of halogens is 3. The maximum Gasteiger partial charge on any atom is 0.416 e. The molecule has 0 aliphatic rings. The summed E-state index contributed by atoms with van der Waals surface area (Å²) in [5.74, 6) is 0.600. The van der Waals surface area contributed by atoms with Gasteiger partial charge in [0.15, 0.2) is 11.4 Å². The molecule has 0 saturated heterocycles. The Morgan fingerprint density at radius 1 is 1.30 bits per heavy atom. The van der Waals surface area contributed by atoms with E-state index < -0.39 is 11.7 Å². The molecule has 0 amide bonds. The molecule has 0 bridgehead atoms. The molecule has 108 valence electrons. The Morgan fingerprint density at radius 2 is 2.00 bits per heavy atom. The maximum atomic E-state index is 12.5. The van der Waals surface area contributed by atoms with Gasteiger partial charge in [-0.1, -0.05) is 30.0 Å². The fourth-order valence-electron chi connectivity index (χ4n) is 1.49. The molecule has 0 atom stereocenters. The van der Waals surface area contributed by atoms with Crippen LogP contribution in [-0.4, -0.2) is 17.2 Å². The summed E-state index contributed by atoms with van der Waals surface area (Å²) >= 11 is 1.17. The summed E-state index contributed by atoms with van der Waals surface area (Å²) in [7, 11) is 0. The Kier molecular flexibility index (Phi) is 6.01. The van der Waals surface area contributed by atoms with Crippen molar-refractivity contribution in [2.45, 2.75) is 19.5 Å². The topological polar surface area (TPSA) is 34.1 Å². The molecule has 0 spiro atoms. The van der Waals surface area contributed by atoms with Gasteiger partial charge in [-0.05, 0) is 24.1 Å². The van der Waals surface area contributed by atoms with E-state index in [2.05, 4.69) is 0 Å². The molecule has 0 aromatic heterocycles. The van der Waals surface area contributed by atoms with Gasteiger partial charge < -0.3 is 0 Å². The lowest BCUT2D eigenvalue weighted by atomic mass is 10.0. The Morgan fingerprint density at radius 3 is 2.55 bits per heavy atom. The lowest BCUT2D eigenvalue weighted by Crippen LogP contribution is -2.05. The minimum absolute atomic E-state index is 0.00436. The molecule has 0 radical (unpaired) electrons.